The van der Waals surface area contributed by atoms with Crippen LogP contribution < -0.4 is 5.56 Å². The number of methoxy groups -OCH3 is 1. The predicted molar refractivity (Wildman–Crippen MR) is 52.5 cm³/mol. The first-order valence-corrected chi connectivity index (χ1v) is 4.53. The fourth-order valence-electron chi connectivity index (χ4n) is 1.34. The van der Waals surface area contributed by atoms with Crippen molar-refractivity contribution >= 4 is 5.97 Å². The van der Waals surface area contributed by atoms with Crippen LogP contribution in [-0.4, -0.2) is 18.1 Å². The third kappa shape index (κ3) is 2.65. The van der Waals surface area contributed by atoms with Crippen molar-refractivity contribution in [3.63, 3.8) is 0 Å². The van der Waals surface area contributed by atoms with Crippen LogP contribution in [0.25, 0.3) is 0 Å². The summed E-state index contributed by atoms with van der Waals surface area (Å²) in [6, 6.07) is 1.16. The van der Waals surface area contributed by atoms with Crippen LogP contribution in [0.4, 0.5) is 8.78 Å². The molecule has 0 aliphatic heterocycles. The van der Waals surface area contributed by atoms with E-state index in [0.717, 1.165) is 13.2 Å². The molecule has 1 rings (SSSR count). The third-order valence-corrected chi connectivity index (χ3v) is 2.09. The van der Waals surface area contributed by atoms with Crippen molar-refractivity contribution < 1.29 is 18.3 Å². The standard InChI is InChI=1S/C10H11F2NO3/c1-5-3-6(9(11)12)7(10(15)13-5)4-8(14)16-2/h3,9H,4H2,1-2H3,(H,13,15). The monoisotopic (exact) mass is 231 g/mol. The highest BCUT2D eigenvalue weighted by Crippen LogP contribution is 2.21. The second-order valence-corrected chi connectivity index (χ2v) is 3.27. The average molecular weight is 231 g/mol. The number of esters is 1. The van der Waals surface area contributed by atoms with Crippen LogP contribution in [-0.2, 0) is 16.0 Å². The zero-order chi connectivity index (χ0) is 12.3. The Hall–Kier alpha value is -1.72. The van der Waals surface area contributed by atoms with Gasteiger partial charge in [0.15, 0.2) is 0 Å². The van der Waals surface area contributed by atoms with Gasteiger partial charge in [-0.1, -0.05) is 0 Å². The van der Waals surface area contributed by atoms with Crippen molar-refractivity contribution in [3.05, 3.63) is 33.2 Å². The van der Waals surface area contributed by atoms with E-state index < -0.39 is 29.9 Å². The van der Waals surface area contributed by atoms with Crippen molar-refractivity contribution in [2.45, 2.75) is 19.8 Å². The van der Waals surface area contributed by atoms with E-state index in [-0.39, 0.29) is 5.56 Å². The largest absolute Gasteiger partial charge is 0.469 e. The number of rotatable bonds is 3. The Morgan fingerprint density at radius 2 is 2.19 bits per heavy atom. The zero-order valence-electron chi connectivity index (χ0n) is 8.84. The van der Waals surface area contributed by atoms with Gasteiger partial charge in [0.1, 0.15) is 0 Å². The van der Waals surface area contributed by atoms with Crippen LogP contribution in [0, 0.1) is 6.92 Å². The van der Waals surface area contributed by atoms with Gasteiger partial charge in [-0.2, -0.15) is 0 Å². The summed E-state index contributed by atoms with van der Waals surface area (Å²) in [7, 11) is 1.13. The first kappa shape index (κ1) is 12.4. The lowest BCUT2D eigenvalue weighted by Crippen LogP contribution is -2.21. The molecule has 0 fully saturated rings. The normalized spacial score (nSPS) is 10.6. The minimum atomic E-state index is -2.79. The molecule has 0 radical (unpaired) electrons. The summed E-state index contributed by atoms with van der Waals surface area (Å²) in [5.74, 6) is -0.726. The summed E-state index contributed by atoms with van der Waals surface area (Å²) >= 11 is 0. The Labute approximate surface area is 90.2 Å². The highest BCUT2D eigenvalue weighted by molar-refractivity contribution is 5.72. The van der Waals surface area contributed by atoms with Gasteiger partial charge in [-0.25, -0.2) is 8.78 Å². The molecule has 6 heteroatoms. The molecule has 0 spiro atoms. The molecule has 0 saturated heterocycles. The Morgan fingerprint density at radius 3 is 2.69 bits per heavy atom. The van der Waals surface area contributed by atoms with Gasteiger partial charge in [0, 0.05) is 16.8 Å². The number of hydrogen-bond acceptors (Lipinski definition) is 3. The van der Waals surface area contributed by atoms with Crippen LogP contribution in [0.5, 0.6) is 0 Å². The molecule has 4 nitrogen and oxygen atoms in total. The molecular formula is C10H11F2NO3. The molecule has 1 N–H and O–H groups in total. The molecule has 88 valence electrons. The summed E-state index contributed by atoms with van der Waals surface area (Å²) in [6.07, 6.45) is -3.24. The van der Waals surface area contributed by atoms with Gasteiger partial charge in [-0.15, -0.1) is 0 Å². The number of pyridine rings is 1. The summed E-state index contributed by atoms with van der Waals surface area (Å²) in [4.78, 5) is 24.8. The number of carbonyl (C=O) groups excluding carboxylic acids is 1. The fourth-order valence-corrected chi connectivity index (χ4v) is 1.34. The molecule has 0 atom stereocenters. The van der Waals surface area contributed by atoms with E-state index in [2.05, 4.69) is 9.72 Å². The van der Waals surface area contributed by atoms with Gasteiger partial charge in [0.05, 0.1) is 13.5 Å². The average Bonchev–Trinajstić information content (AvgIpc) is 2.20. The van der Waals surface area contributed by atoms with Gasteiger partial charge < -0.3 is 9.72 Å². The number of ether oxygens (including phenoxy) is 1. The number of halogens is 2. The first-order chi connectivity index (χ1) is 7.45. The summed E-state index contributed by atoms with van der Waals surface area (Å²) < 4.78 is 29.6. The van der Waals surface area contributed by atoms with E-state index in [4.69, 9.17) is 0 Å². The SMILES string of the molecule is COC(=O)Cc1c(C(F)F)cc(C)[nH]c1=O. The molecule has 0 aliphatic rings. The number of hydrogen-bond donors (Lipinski definition) is 1. The predicted octanol–water partition coefficient (Wildman–Crippen LogP) is 1.34. The van der Waals surface area contributed by atoms with E-state index in [9.17, 15) is 18.4 Å². The maximum atomic E-state index is 12.6. The molecule has 1 aromatic heterocycles. The van der Waals surface area contributed by atoms with Crippen LogP contribution in [0.1, 0.15) is 23.2 Å². The number of H-pyrrole nitrogens is 1. The number of carbonyl (C=O) groups is 1. The van der Waals surface area contributed by atoms with Crippen LogP contribution >= 0.6 is 0 Å². The lowest BCUT2D eigenvalue weighted by Gasteiger charge is -2.07. The van der Waals surface area contributed by atoms with E-state index in [0.29, 0.717) is 5.69 Å². The number of nitrogens with one attached hydrogen (secondary N) is 1. The van der Waals surface area contributed by atoms with Crippen molar-refractivity contribution in [1.82, 2.24) is 4.98 Å². The lowest BCUT2D eigenvalue weighted by molar-refractivity contribution is -0.139. The maximum Gasteiger partial charge on any atom is 0.310 e. The van der Waals surface area contributed by atoms with Crippen molar-refractivity contribution in [2.24, 2.45) is 0 Å². The minimum absolute atomic E-state index is 0.243. The van der Waals surface area contributed by atoms with Crippen LogP contribution in [0.2, 0.25) is 0 Å². The third-order valence-electron chi connectivity index (χ3n) is 2.09. The molecule has 0 bridgehead atoms. The van der Waals surface area contributed by atoms with Gasteiger partial charge in [0.2, 0.25) is 0 Å². The highest BCUT2D eigenvalue weighted by Gasteiger charge is 2.19. The van der Waals surface area contributed by atoms with Crippen molar-refractivity contribution in [3.8, 4) is 0 Å². The molecular weight excluding hydrogens is 220 g/mol. The number of aryl methyl sites for hydroxylation is 1. The molecule has 16 heavy (non-hydrogen) atoms. The fraction of sp³-hybridized carbons (Fsp3) is 0.400. The van der Waals surface area contributed by atoms with Crippen LogP contribution in [0.3, 0.4) is 0 Å². The second-order valence-electron chi connectivity index (χ2n) is 3.27. The van der Waals surface area contributed by atoms with E-state index in [1.54, 1.807) is 0 Å². The number of alkyl halides is 2. The molecule has 1 heterocycles. The highest BCUT2D eigenvalue weighted by atomic mass is 19.3. The molecule has 0 amide bonds. The topological polar surface area (TPSA) is 59.2 Å². The minimum Gasteiger partial charge on any atom is -0.469 e. The van der Waals surface area contributed by atoms with E-state index in [1.165, 1.54) is 6.92 Å². The second kappa shape index (κ2) is 4.87. The van der Waals surface area contributed by atoms with Crippen molar-refractivity contribution in [1.29, 1.82) is 0 Å². The molecule has 0 aromatic carbocycles. The Morgan fingerprint density at radius 1 is 1.56 bits per heavy atom. The van der Waals surface area contributed by atoms with E-state index >= 15 is 0 Å². The van der Waals surface area contributed by atoms with Gasteiger partial charge >= 0.3 is 5.97 Å². The summed E-state index contributed by atoms with van der Waals surface area (Å²) in [5.41, 5.74) is -1.02. The molecule has 1 aromatic rings. The number of aromatic nitrogens is 1. The Balaban J connectivity index is 3.24. The Kier molecular flexibility index (Phi) is 3.76. The van der Waals surface area contributed by atoms with Crippen molar-refractivity contribution in [2.75, 3.05) is 7.11 Å². The zero-order valence-corrected chi connectivity index (χ0v) is 8.84. The molecule has 0 aliphatic carbocycles. The lowest BCUT2D eigenvalue weighted by atomic mass is 10.1. The maximum absolute atomic E-state index is 12.6. The van der Waals surface area contributed by atoms with Gasteiger partial charge in [-0.3, -0.25) is 9.59 Å². The van der Waals surface area contributed by atoms with Gasteiger partial charge in [-0.05, 0) is 13.0 Å². The number of aromatic amines is 1. The molecule has 0 unspecified atom stereocenters. The summed E-state index contributed by atoms with van der Waals surface area (Å²) in [5, 5.41) is 0. The Bertz CT molecular complexity index is 454. The quantitative estimate of drug-likeness (QED) is 0.798. The molecule has 0 saturated carbocycles. The first-order valence-electron chi connectivity index (χ1n) is 4.53. The van der Waals surface area contributed by atoms with Crippen LogP contribution in [0.15, 0.2) is 10.9 Å². The van der Waals surface area contributed by atoms with E-state index in [1.807, 2.05) is 0 Å². The smallest absolute Gasteiger partial charge is 0.310 e. The summed E-state index contributed by atoms with van der Waals surface area (Å²) in [6.45, 7) is 1.50. The van der Waals surface area contributed by atoms with Gasteiger partial charge in [0.25, 0.3) is 12.0 Å².